The molecule has 2 N–H and O–H groups in total. The highest BCUT2D eigenvalue weighted by molar-refractivity contribution is 7.11. The van der Waals surface area contributed by atoms with Gasteiger partial charge in [-0.15, -0.1) is 11.3 Å². The summed E-state index contributed by atoms with van der Waals surface area (Å²) < 4.78 is 1.72. The van der Waals surface area contributed by atoms with Gasteiger partial charge in [0.2, 0.25) is 0 Å². The molecule has 8 heteroatoms. The van der Waals surface area contributed by atoms with Crippen LogP contribution in [0, 0.1) is 6.92 Å². The van der Waals surface area contributed by atoms with Crippen LogP contribution >= 0.6 is 11.3 Å². The summed E-state index contributed by atoms with van der Waals surface area (Å²) in [7, 11) is 1.86. The van der Waals surface area contributed by atoms with Gasteiger partial charge in [-0.2, -0.15) is 5.10 Å². The predicted molar refractivity (Wildman–Crippen MR) is 79.5 cm³/mol. The summed E-state index contributed by atoms with van der Waals surface area (Å²) in [5.74, 6) is 1.58. The fourth-order valence-corrected chi connectivity index (χ4v) is 2.32. The quantitative estimate of drug-likeness (QED) is 0.630. The molecule has 0 unspecified atom stereocenters. The first-order chi connectivity index (χ1) is 9.69. The van der Waals surface area contributed by atoms with Crippen molar-refractivity contribution in [2.24, 2.45) is 12.0 Å². The summed E-state index contributed by atoms with van der Waals surface area (Å²) in [5.41, 5.74) is 0. The SMILES string of the molecule is CCNC(=NCc1ncnn1C)NCc1ncc(C)s1. The molecular weight excluding hydrogens is 274 g/mol. The molecule has 2 aromatic heterocycles. The smallest absolute Gasteiger partial charge is 0.192 e. The van der Waals surface area contributed by atoms with Crippen molar-refractivity contribution in [3.8, 4) is 0 Å². The van der Waals surface area contributed by atoms with Crippen molar-refractivity contribution in [3.63, 3.8) is 0 Å². The number of aliphatic imine (C=N–C) groups is 1. The molecule has 0 aliphatic rings. The van der Waals surface area contributed by atoms with Crippen LogP contribution in [0.5, 0.6) is 0 Å². The van der Waals surface area contributed by atoms with Gasteiger partial charge in [0, 0.05) is 24.7 Å². The topological polar surface area (TPSA) is 80.0 Å². The van der Waals surface area contributed by atoms with E-state index in [2.05, 4.69) is 37.6 Å². The van der Waals surface area contributed by atoms with Crippen LogP contribution in [0.3, 0.4) is 0 Å². The third-order valence-corrected chi connectivity index (χ3v) is 3.52. The zero-order chi connectivity index (χ0) is 14.4. The van der Waals surface area contributed by atoms with Crippen LogP contribution in [0.1, 0.15) is 22.6 Å². The van der Waals surface area contributed by atoms with Gasteiger partial charge >= 0.3 is 0 Å². The highest BCUT2D eigenvalue weighted by atomic mass is 32.1. The fraction of sp³-hybridized carbons (Fsp3) is 0.500. The van der Waals surface area contributed by atoms with Crippen LogP contribution in [0.15, 0.2) is 17.5 Å². The number of thiazole rings is 1. The number of nitrogens with one attached hydrogen (secondary N) is 2. The Morgan fingerprint density at radius 3 is 2.85 bits per heavy atom. The van der Waals surface area contributed by atoms with Gasteiger partial charge in [-0.1, -0.05) is 0 Å². The second-order valence-electron chi connectivity index (χ2n) is 4.21. The van der Waals surface area contributed by atoms with E-state index < -0.39 is 0 Å². The molecule has 0 saturated heterocycles. The molecule has 0 bridgehead atoms. The highest BCUT2D eigenvalue weighted by Gasteiger charge is 2.03. The number of aryl methyl sites for hydroxylation is 2. The van der Waals surface area contributed by atoms with Crippen molar-refractivity contribution in [1.82, 2.24) is 30.4 Å². The van der Waals surface area contributed by atoms with E-state index in [-0.39, 0.29) is 0 Å². The zero-order valence-electron chi connectivity index (χ0n) is 11.9. The molecule has 0 aliphatic carbocycles. The van der Waals surface area contributed by atoms with Crippen molar-refractivity contribution in [3.05, 3.63) is 28.2 Å². The number of guanidine groups is 1. The molecule has 0 atom stereocenters. The van der Waals surface area contributed by atoms with Crippen molar-refractivity contribution in [2.75, 3.05) is 6.54 Å². The Kier molecular flexibility index (Phi) is 5.05. The number of aromatic nitrogens is 4. The van der Waals surface area contributed by atoms with Gasteiger partial charge in [0.1, 0.15) is 23.7 Å². The molecule has 0 spiro atoms. The number of hydrogen-bond acceptors (Lipinski definition) is 5. The van der Waals surface area contributed by atoms with E-state index in [1.807, 2.05) is 20.2 Å². The normalized spacial score (nSPS) is 11.7. The van der Waals surface area contributed by atoms with E-state index in [4.69, 9.17) is 0 Å². The van der Waals surface area contributed by atoms with Crippen LogP contribution in [0.4, 0.5) is 0 Å². The maximum absolute atomic E-state index is 4.49. The Balaban J connectivity index is 1.94. The molecule has 2 rings (SSSR count). The minimum absolute atomic E-state index is 0.489. The van der Waals surface area contributed by atoms with Gasteiger partial charge in [0.15, 0.2) is 5.96 Å². The van der Waals surface area contributed by atoms with Gasteiger partial charge < -0.3 is 10.6 Å². The van der Waals surface area contributed by atoms with Gasteiger partial charge in [-0.3, -0.25) is 4.68 Å². The van der Waals surface area contributed by atoms with Crippen molar-refractivity contribution >= 4 is 17.3 Å². The average Bonchev–Trinajstić information content (AvgIpc) is 3.02. The van der Waals surface area contributed by atoms with Crippen LogP contribution in [-0.4, -0.2) is 32.3 Å². The van der Waals surface area contributed by atoms with E-state index in [1.165, 1.54) is 11.2 Å². The molecule has 20 heavy (non-hydrogen) atoms. The summed E-state index contributed by atoms with van der Waals surface area (Å²) in [5, 5.41) is 11.5. The van der Waals surface area contributed by atoms with Crippen molar-refractivity contribution in [2.45, 2.75) is 26.9 Å². The van der Waals surface area contributed by atoms with Crippen molar-refractivity contribution < 1.29 is 0 Å². The van der Waals surface area contributed by atoms with E-state index in [0.717, 1.165) is 23.3 Å². The number of hydrogen-bond donors (Lipinski definition) is 2. The Labute approximate surface area is 122 Å². The third-order valence-electron chi connectivity index (χ3n) is 2.60. The maximum atomic E-state index is 4.49. The second-order valence-corrected chi connectivity index (χ2v) is 5.53. The summed E-state index contributed by atoms with van der Waals surface area (Å²) in [4.78, 5) is 14.2. The first-order valence-electron chi connectivity index (χ1n) is 6.45. The molecule has 2 heterocycles. The second kappa shape index (κ2) is 6.99. The zero-order valence-corrected chi connectivity index (χ0v) is 12.7. The molecule has 0 amide bonds. The van der Waals surface area contributed by atoms with Gasteiger partial charge in [-0.05, 0) is 13.8 Å². The Hall–Kier alpha value is -1.96. The minimum Gasteiger partial charge on any atom is -0.357 e. The van der Waals surface area contributed by atoms with Gasteiger partial charge in [-0.25, -0.2) is 15.0 Å². The lowest BCUT2D eigenvalue weighted by Gasteiger charge is -2.09. The predicted octanol–water partition coefficient (Wildman–Crippen LogP) is 0.835. The molecule has 0 aliphatic heterocycles. The molecular formula is C12H19N7S. The largest absolute Gasteiger partial charge is 0.357 e. The molecule has 0 saturated carbocycles. The molecule has 108 valence electrons. The van der Waals surface area contributed by atoms with Crippen LogP contribution in [0.25, 0.3) is 0 Å². The Bertz CT molecular complexity index is 572. The molecule has 0 aromatic carbocycles. The summed E-state index contributed by atoms with van der Waals surface area (Å²) in [6.07, 6.45) is 3.41. The Morgan fingerprint density at radius 2 is 2.25 bits per heavy atom. The summed E-state index contributed by atoms with van der Waals surface area (Å²) >= 11 is 1.68. The first kappa shape index (κ1) is 14.4. The third kappa shape index (κ3) is 4.02. The van der Waals surface area contributed by atoms with Crippen molar-refractivity contribution in [1.29, 1.82) is 0 Å². The molecule has 0 radical (unpaired) electrons. The van der Waals surface area contributed by atoms with Crippen LogP contribution < -0.4 is 10.6 Å². The van der Waals surface area contributed by atoms with Gasteiger partial charge in [0.05, 0.1) is 6.54 Å². The average molecular weight is 293 g/mol. The lowest BCUT2D eigenvalue weighted by molar-refractivity contribution is 0.697. The van der Waals surface area contributed by atoms with E-state index in [9.17, 15) is 0 Å². The minimum atomic E-state index is 0.489. The standard InChI is InChI=1S/C12H19N7S/c1-4-13-12(15-6-10-17-8-18-19(10)3)16-7-11-14-5-9(2)20-11/h5,8H,4,6-7H2,1-3H3,(H2,13,15,16). The van der Waals surface area contributed by atoms with E-state index >= 15 is 0 Å². The number of nitrogens with zero attached hydrogens (tertiary/aromatic N) is 5. The molecule has 0 fully saturated rings. The summed E-state index contributed by atoms with van der Waals surface area (Å²) in [6.45, 7) is 6.05. The van der Waals surface area contributed by atoms with Gasteiger partial charge in [0.25, 0.3) is 0 Å². The van der Waals surface area contributed by atoms with Crippen LogP contribution in [-0.2, 0) is 20.1 Å². The van der Waals surface area contributed by atoms with E-state index in [0.29, 0.717) is 13.1 Å². The first-order valence-corrected chi connectivity index (χ1v) is 7.27. The highest BCUT2D eigenvalue weighted by Crippen LogP contribution is 2.10. The summed E-state index contributed by atoms with van der Waals surface area (Å²) in [6, 6.07) is 0. The lowest BCUT2D eigenvalue weighted by Crippen LogP contribution is -2.36. The van der Waals surface area contributed by atoms with E-state index in [1.54, 1.807) is 16.0 Å². The maximum Gasteiger partial charge on any atom is 0.192 e. The van der Waals surface area contributed by atoms with Crippen LogP contribution in [0.2, 0.25) is 0 Å². The monoisotopic (exact) mass is 293 g/mol. The lowest BCUT2D eigenvalue weighted by atomic mass is 10.6. The molecule has 7 nitrogen and oxygen atoms in total. The number of rotatable bonds is 5. The molecule has 2 aromatic rings. The fourth-order valence-electron chi connectivity index (χ4n) is 1.60. The Morgan fingerprint density at radius 1 is 1.40 bits per heavy atom.